The van der Waals surface area contributed by atoms with E-state index in [1.807, 2.05) is 28.8 Å². The second kappa shape index (κ2) is 9.19. The summed E-state index contributed by atoms with van der Waals surface area (Å²) in [7, 11) is 0. The van der Waals surface area contributed by atoms with Crippen molar-refractivity contribution < 1.29 is 5.11 Å². The van der Waals surface area contributed by atoms with E-state index in [9.17, 15) is 5.11 Å². The highest BCUT2D eigenvalue weighted by Gasteiger charge is 2.16. The van der Waals surface area contributed by atoms with Gasteiger partial charge in [0.15, 0.2) is 5.15 Å². The minimum Gasteiger partial charge on any atom is -0.388 e. The lowest BCUT2D eigenvalue weighted by molar-refractivity contribution is 0.265. The molecule has 2 aromatic carbocycles. The molecule has 154 valence electrons. The van der Waals surface area contributed by atoms with Crippen LogP contribution >= 0.6 is 11.6 Å². The first-order chi connectivity index (χ1) is 14.7. The van der Waals surface area contributed by atoms with Crippen LogP contribution in [0, 0.1) is 0 Å². The van der Waals surface area contributed by atoms with Gasteiger partial charge in [-0.05, 0) is 34.7 Å². The predicted molar refractivity (Wildman–Crippen MR) is 116 cm³/mol. The molecule has 0 bridgehead atoms. The first kappa shape index (κ1) is 20.3. The Bertz CT molecular complexity index is 1110. The van der Waals surface area contributed by atoms with Gasteiger partial charge in [0.2, 0.25) is 5.82 Å². The summed E-state index contributed by atoms with van der Waals surface area (Å²) in [4.78, 5) is 4.34. The Morgan fingerprint density at radius 1 is 1.07 bits per heavy atom. The number of H-pyrrole nitrogens is 1. The Labute approximate surface area is 179 Å². The highest BCUT2D eigenvalue weighted by atomic mass is 35.5. The van der Waals surface area contributed by atoms with Gasteiger partial charge >= 0.3 is 0 Å². The zero-order valence-corrected chi connectivity index (χ0v) is 17.5. The molecule has 0 aliphatic carbocycles. The molecule has 0 saturated carbocycles. The van der Waals surface area contributed by atoms with Crippen molar-refractivity contribution in [3.8, 4) is 22.5 Å². The Hall–Kier alpha value is -3.03. The maximum absolute atomic E-state index is 9.71. The Morgan fingerprint density at radius 3 is 2.50 bits per heavy atom. The van der Waals surface area contributed by atoms with E-state index in [1.165, 1.54) is 0 Å². The number of tetrazole rings is 1. The number of benzene rings is 2. The van der Waals surface area contributed by atoms with E-state index >= 15 is 0 Å². The van der Waals surface area contributed by atoms with E-state index in [1.54, 1.807) is 0 Å². The number of hydrogen-bond acceptors (Lipinski definition) is 5. The second-order valence-corrected chi connectivity index (χ2v) is 7.45. The van der Waals surface area contributed by atoms with Crippen LogP contribution in [0.5, 0.6) is 0 Å². The summed E-state index contributed by atoms with van der Waals surface area (Å²) in [6, 6.07) is 16.3. The number of unbranched alkanes of at least 4 members (excludes halogenated alkanes) is 1. The molecule has 0 unspecified atom stereocenters. The molecule has 4 rings (SSSR count). The van der Waals surface area contributed by atoms with E-state index in [0.29, 0.717) is 23.3 Å². The molecule has 0 atom stereocenters. The van der Waals surface area contributed by atoms with Crippen molar-refractivity contribution in [1.29, 1.82) is 0 Å². The fourth-order valence-corrected chi connectivity index (χ4v) is 3.87. The fourth-order valence-electron chi connectivity index (χ4n) is 3.57. The SMILES string of the molecule is CCCCc1c(Cl)nc(CO)n1Cc1ccc(-c2ccccc2-c2nn[nH]n2)cc1. The van der Waals surface area contributed by atoms with Crippen LogP contribution < -0.4 is 0 Å². The van der Waals surface area contributed by atoms with Crippen molar-refractivity contribution >= 4 is 11.6 Å². The van der Waals surface area contributed by atoms with Crippen LogP contribution in [0.1, 0.15) is 36.8 Å². The number of halogens is 1. The lowest BCUT2D eigenvalue weighted by Gasteiger charge is -2.12. The van der Waals surface area contributed by atoms with Crippen molar-refractivity contribution in [2.24, 2.45) is 0 Å². The minimum absolute atomic E-state index is 0.137. The van der Waals surface area contributed by atoms with Gasteiger partial charge in [0.1, 0.15) is 12.4 Å². The molecule has 2 heterocycles. The van der Waals surface area contributed by atoms with Gasteiger partial charge in [0.05, 0.1) is 5.69 Å². The summed E-state index contributed by atoms with van der Waals surface area (Å²) in [6.07, 6.45) is 2.95. The molecule has 0 fully saturated rings. The molecule has 0 saturated heterocycles. The van der Waals surface area contributed by atoms with Gasteiger partial charge in [-0.3, -0.25) is 0 Å². The van der Waals surface area contributed by atoms with Gasteiger partial charge in [0, 0.05) is 12.1 Å². The number of aliphatic hydroxyl groups is 1. The fraction of sp³-hybridized carbons (Fsp3) is 0.273. The van der Waals surface area contributed by atoms with Gasteiger partial charge in [-0.2, -0.15) is 5.21 Å². The first-order valence-corrected chi connectivity index (χ1v) is 10.4. The topological polar surface area (TPSA) is 92.5 Å². The maximum Gasteiger partial charge on any atom is 0.205 e. The third-order valence-electron chi connectivity index (χ3n) is 5.13. The van der Waals surface area contributed by atoms with E-state index in [0.717, 1.165) is 47.2 Å². The van der Waals surface area contributed by atoms with Crippen LogP contribution in [0.3, 0.4) is 0 Å². The smallest absolute Gasteiger partial charge is 0.205 e. The van der Waals surface area contributed by atoms with E-state index < -0.39 is 0 Å². The van der Waals surface area contributed by atoms with E-state index in [-0.39, 0.29) is 6.61 Å². The zero-order chi connectivity index (χ0) is 20.9. The van der Waals surface area contributed by atoms with E-state index in [4.69, 9.17) is 11.6 Å². The molecule has 2 aromatic heterocycles. The number of imidazole rings is 1. The number of aromatic amines is 1. The normalized spacial score (nSPS) is 11.2. The quantitative estimate of drug-likeness (QED) is 0.442. The van der Waals surface area contributed by atoms with Gasteiger partial charge in [0.25, 0.3) is 0 Å². The molecule has 0 aliphatic heterocycles. The summed E-state index contributed by atoms with van der Waals surface area (Å²) >= 11 is 6.34. The van der Waals surface area contributed by atoms with Crippen molar-refractivity contribution in [3.63, 3.8) is 0 Å². The summed E-state index contributed by atoms with van der Waals surface area (Å²) in [6.45, 7) is 2.62. The maximum atomic E-state index is 9.71. The van der Waals surface area contributed by atoms with Crippen LogP contribution in [0.15, 0.2) is 48.5 Å². The van der Waals surface area contributed by atoms with Crippen LogP contribution in [-0.4, -0.2) is 35.3 Å². The molecular weight excluding hydrogens is 400 g/mol. The summed E-state index contributed by atoms with van der Waals surface area (Å²) < 4.78 is 2.03. The highest BCUT2D eigenvalue weighted by Crippen LogP contribution is 2.30. The van der Waals surface area contributed by atoms with Crippen LogP contribution in [-0.2, 0) is 19.6 Å². The van der Waals surface area contributed by atoms with Crippen molar-refractivity contribution in [3.05, 3.63) is 70.8 Å². The average molecular weight is 423 g/mol. The highest BCUT2D eigenvalue weighted by molar-refractivity contribution is 6.30. The lowest BCUT2D eigenvalue weighted by atomic mass is 9.98. The Kier molecular flexibility index (Phi) is 6.21. The first-order valence-electron chi connectivity index (χ1n) is 9.98. The zero-order valence-electron chi connectivity index (χ0n) is 16.7. The number of nitrogens with one attached hydrogen (secondary N) is 1. The van der Waals surface area contributed by atoms with Gasteiger partial charge in [-0.15, -0.1) is 10.2 Å². The molecular formula is C22H23ClN6O. The summed E-state index contributed by atoms with van der Waals surface area (Å²) in [5.74, 6) is 1.16. The molecule has 8 heteroatoms. The van der Waals surface area contributed by atoms with Gasteiger partial charge < -0.3 is 9.67 Å². The van der Waals surface area contributed by atoms with Crippen molar-refractivity contribution in [2.75, 3.05) is 0 Å². The minimum atomic E-state index is -0.137. The second-order valence-electron chi connectivity index (χ2n) is 7.09. The molecule has 0 spiro atoms. The Balaban J connectivity index is 1.62. The van der Waals surface area contributed by atoms with Gasteiger partial charge in [-0.25, -0.2) is 4.98 Å². The number of rotatable bonds is 8. The molecule has 4 aromatic rings. The average Bonchev–Trinajstić information content (AvgIpc) is 3.41. The van der Waals surface area contributed by atoms with E-state index in [2.05, 4.69) is 56.8 Å². The van der Waals surface area contributed by atoms with Crippen LogP contribution in [0.25, 0.3) is 22.5 Å². The number of nitrogens with zero attached hydrogens (tertiary/aromatic N) is 5. The molecule has 0 aliphatic rings. The largest absolute Gasteiger partial charge is 0.388 e. The number of aromatic nitrogens is 6. The van der Waals surface area contributed by atoms with Crippen LogP contribution in [0.2, 0.25) is 5.15 Å². The van der Waals surface area contributed by atoms with Crippen LogP contribution in [0.4, 0.5) is 0 Å². The Morgan fingerprint density at radius 2 is 1.83 bits per heavy atom. The van der Waals surface area contributed by atoms with Crippen molar-refractivity contribution in [2.45, 2.75) is 39.3 Å². The summed E-state index contributed by atoms with van der Waals surface area (Å²) in [5, 5.41) is 24.6. The number of aliphatic hydroxyl groups excluding tert-OH is 1. The predicted octanol–water partition coefficient (Wildman–Crippen LogP) is 4.27. The third-order valence-corrected chi connectivity index (χ3v) is 5.43. The molecule has 2 N–H and O–H groups in total. The summed E-state index contributed by atoms with van der Waals surface area (Å²) in [5.41, 5.74) is 5.11. The molecule has 7 nitrogen and oxygen atoms in total. The molecule has 0 radical (unpaired) electrons. The standard InChI is InChI=1S/C22H23ClN6O/c1-2-3-8-19-21(23)24-20(14-30)29(19)13-15-9-11-16(12-10-15)17-6-4-5-7-18(17)22-25-27-28-26-22/h4-7,9-12,30H,2-3,8,13-14H2,1H3,(H,25,26,27,28). The van der Waals surface area contributed by atoms with Crippen molar-refractivity contribution in [1.82, 2.24) is 30.2 Å². The lowest BCUT2D eigenvalue weighted by Crippen LogP contribution is -2.09. The molecule has 0 amide bonds. The third kappa shape index (κ3) is 4.13. The van der Waals surface area contributed by atoms with Gasteiger partial charge in [-0.1, -0.05) is 73.5 Å². The number of hydrogen-bond donors (Lipinski definition) is 2. The molecule has 30 heavy (non-hydrogen) atoms. The monoisotopic (exact) mass is 422 g/mol.